The lowest BCUT2D eigenvalue weighted by Gasteiger charge is -2.10. The Morgan fingerprint density at radius 2 is 1.93 bits per heavy atom. The molecule has 0 spiro atoms. The molecule has 1 aliphatic heterocycles. The van der Waals surface area contributed by atoms with Crippen LogP contribution in [-0.2, 0) is 0 Å². The topological polar surface area (TPSA) is 12.0 Å². The van der Waals surface area contributed by atoms with Crippen molar-refractivity contribution in [2.75, 3.05) is 6.54 Å². The minimum Gasteiger partial charge on any atom is -0.379 e. The Balaban J connectivity index is 2.39. The third kappa shape index (κ3) is 2.18. The molecule has 1 atom stereocenters. The Labute approximate surface area is 100.0 Å². The molecule has 0 aliphatic carbocycles. The number of thiocarbonyl (C=S) groups is 1. The molecule has 1 aromatic rings. The summed E-state index contributed by atoms with van der Waals surface area (Å²) < 4.78 is 27.5. The Bertz CT molecular complexity index is 399. The van der Waals surface area contributed by atoms with Crippen LogP contribution in [-0.4, -0.2) is 11.5 Å². The fourth-order valence-corrected chi connectivity index (χ4v) is 2.44. The van der Waals surface area contributed by atoms with Crippen molar-refractivity contribution in [2.45, 2.75) is 12.3 Å². The van der Waals surface area contributed by atoms with Gasteiger partial charge >= 0.3 is 0 Å². The first-order valence-electron chi connectivity index (χ1n) is 4.49. The van der Waals surface area contributed by atoms with Gasteiger partial charge in [0.1, 0.15) is 11.6 Å². The van der Waals surface area contributed by atoms with Crippen molar-refractivity contribution in [2.24, 2.45) is 0 Å². The van der Waals surface area contributed by atoms with Gasteiger partial charge in [0.05, 0.1) is 4.99 Å². The van der Waals surface area contributed by atoms with E-state index in [-0.39, 0.29) is 11.5 Å². The van der Waals surface area contributed by atoms with Crippen LogP contribution in [0.4, 0.5) is 8.78 Å². The molecule has 0 aromatic heterocycles. The molecule has 1 aromatic carbocycles. The summed E-state index contributed by atoms with van der Waals surface area (Å²) in [4.78, 5) is 0.668. The van der Waals surface area contributed by atoms with Crippen LogP contribution in [0, 0.1) is 11.6 Å². The molecular formula is C10H8BrF2NS. The molecule has 0 saturated carbocycles. The second-order valence-electron chi connectivity index (χ2n) is 3.49. The Morgan fingerprint density at radius 1 is 1.33 bits per heavy atom. The van der Waals surface area contributed by atoms with E-state index >= 15 is 0 Å². The van der Waals surface area contributed by atoms with Crippen LogP contribution in [0.25, 0.3) is 0 Å². The van der Waals surface area contributed by atoms with Gasteiger partial charge in [-0.2, -0.15) is 0 Å². The van der Waals surface area contributed by atoms with Crippen LogP contribution in [0.5, 0.6) is 0 Å². The Morgan fingerprint density at radius 3 is 2.40 bits per heavy atom. The lowest BCUT2D eigenvalue weighted by Crippen LogP contribution is -2.12. The molecule has 80 valence electrons. The third-order valence-corrected chi connectivity index (χ3v) is 3.20. The Kier molecular flexibility index (Phi) is 3.02. The number of rotatable bonds is 1. The van der Waals surface area contributed by atoms with Crippen LogP contribution in [0.3, 0.4) is 0 Å². The first kappa shape index (κ1) is 11.0. The zero-order chi connectivity index (χ0) is 11.0. The third-order valence-electron chi connectivity index (χ3n) is 2.43. The highest BCUT2D eigenvalue weighted by atomic mass is 79.9. The largest absolute Gasteiger partial charge is 0.379 e. The van der Waals surface area contributed by atoms with Crippen molar-refractivity contribution in [1.82, 2.24) is 5.32 Å². The van der Waals surface area contributed by atoms with Crippen molar-refractivity contribution in [3.05, 3.63) is 33.8 Å². The summed E-state index contributed by atoms with van der Waals surface area (Å²) in [7, 11) is 0. The minimum absolute atomic E-state index is 0.130. The van der Waals surface area contributed by atoms with Gasteiger partial charge in [0.25, 0.3) is 0 Å². The first-order valence-corrected chi connectivity index (χ1v) is 5.69. The second-order valence-corrected chi connectivity index (χ2v) is 4.90. The van der Waals surface area contributed by atoms with Gasteiger partial charge in [-0.15, -0.1) is 0 Å². The van der Waals surface area contributed by atoms with Gasteiger partial charge in [0.15, 0.2) is 0 Å². The van der Waals surface area contributed by atoms with E-state index in [1.54, 1.807) is 0 Å². The Hall–Kier alpha value is -0.550. The SMILES string of the molecule is Fc1cc(Br)cc(F)c1[C@@H]1CNC(=S)C1. The van der Waals surface area contributed by atoms with E-state index in [0.29, 0.717) is 22.4 Å². The molecule has 15 heavy (non-hydrogen) atoms. The van der Waals surface area contributed by atoms with Crippen molar-refractivity contribution >= 4 is 33.1 Å². The summed E-state index contributed by atoms with van der Waals surface area (Å²) in [6, 6.07) is 2.56. The zero-order valence-electron chi connectivity index (χ0n) is 7.69. The van der Waals surface area contributed by atoms with Gasteiger partial charge in [0, 0.05) is 28.9 Å². The lowest BCUT2D eigenvalue weighted by atomic mass is 9.97. The average molecular weight is 292 g/mol. The van der Waals surface area contributed by atoms with Crippen LogP contribution in [0.1, 0.15) is 17.9 Å². The van der Waals surface area contributed by atoms with Gasteiger partial charge in [-0.05, 0) is 12.1 Å². The molecule has 1 saturated heterocycles. The predicted molar refractivity (Wildman–Crippen MR) is 62.0 cm³/mol. The van der Waals surface area contributed by atoms with Crippen molar-refractivity contribution in [3.63, 3.8) is 0 Å². The smallest absolute Gasteiger partial charge is 0.130 e. The maximum absolute atomic E-state index is 13.5. The summed E-state index contributed by atoms with van der Waals surface area (Å²) in [6.07, 6.45) is 0.519. The summed E-state index contributed by atoms with van der Waals surface area (Å²) in [5.74, 6) is -1.22. The molecule has 5 heteroatoms. The van der Waals surface area contributed by atoms with Gasteiger partial charge in [-0.1, -0.05) is 28.1 Å². The minimum atomic E-state index is -0.515. The van der Waals surface area contributed by atoms with E-state index < -0.39 is 11.6 Å². The van der Waals surface area contributed by atoms with Gasteiger partial charge < -0.3 is 5.32 Å². The maximum atomic E-state index is 13.5. The van der Waals surface area contributed by atoms with Gasteiger partial charge in [-0.3, -0.25) is 0 Å². The maximum Gasteiger partial charge on any atom is 0.130 e. The number of benzene rings is 1. The zero-order valence-corrected chi connectivity index (χ0v) is 10.1. The van der Waals surface area contributed by atoms with Crippen molar-refractivity contribution in [1.29, 1.82) is 0 Å². The highest BCUT2D eigenvalue weighted by Crippen LogP contribution is 2.30. The number of halogens is 3. The highest BCUT2D eigenvalue weighted by molar-refractivity contribution is 9.10. The van der Waals surface area contributed by atoms with Crippen LogP contribution in [0.15, 0.2) is 16.6 Å². The monoisotopic (exact) mass is 291 g/mol. The molecule has 0 radical (unpaired) electrons. The van der Waals surface area contributed by atoms with E-state index in [9.17, 15) is 8.78 Å². The van der Waals surface area contributed by atoms with Crippen LogP contribution >= 0.6 is 28.1 Å². The van der Waals surface area contributed by atoms with Crippen molar-refractivity contribution < 1.29 is 8.78 Å². The fraction of sp³-hybridized carbons (Fsp3) is 0.300. The summed E-state index contributed by atoms with van der Waals surface area (Å²) in [6.45, 7) is 0.508. The highest BCUT2D eigenvalue weighted by Gasteiger charge is 2.26. The fourth-order valence-electron chi connectivity index (χ4n) is 1.75. The van der Waals surface area contributed by atoms with E-state index in [1.165, 1.54) is 12.1 Å². The van der Waals surface area contributed by atoms with E-state index in [2.05, 4.69) is 21.2 Å². The van der Waals surface area contributed by atoms with Crippen LogP contribution < -0.4 is 5.32 Å². The van der Waals surface area contributed by atoms with Crippen LogP contribution in [0.2, 0.25) is 0 Å². The molecular weight excluding hydrogens is 284 g/mol. The van der Waals surface area contributed by atoms with Gasteiger partial charge in [0.2, 0.25) is 0 Å². The average Bonchev–Trinajstić information content (AvgIpc) is 2.49. The predicted octanol–water partition coefficient (Wildman–Crippen LogP) is 3.13. The van der Waals surface area contributed by atoms with E-state index in [4.69, 9.17) is 12.2 Å². The van der Waals surface area contributed by atoms with Gasteiger partial charge in [-0.25, -0.2) is 8.78 Å². The van der Waals surface area contributed by atoms with Crippen molar-refractivity contribution in [3.8, 4) is 0 Å². The molecule has 0 bridgehead atoms. The van der Waals surface area contributed by atoms with E-state index in [0.717, 1.165) is 0 Å². The quantitative estimate of drug-likeness (QED) is 0.798. The molecule has 0 unspecified atom stereocenters. The molecule has 1 fully saturated rings. The lowest BCUT2D eigenvalue weighted by molar-refractivity contribution is 0.531. The standard InChI is InChI=1S/C10H8BrF2NS/c11-6-2-7(12)10(8(13)3-6)5-1-9(15)14-4-5/h2-3,5H,1,4H2,(H,14,15)/t5-/m0/s1. The first-order chi connectivity index (χ1) is 7.08. The molecule has 2 rings (SSSR count). The normalized spacial score (nSPS) is 20.5. The molecule has 1 nitrogen and oxygen atoms in total. The summed E-state index contributed by atoms with van der Waals surface area (Å²) in [5.41, 5.74) is 0.130. The summed E-state index contributed by atoms with van der Waals surface area (Å²) in [5, 5.41) is 2.92. The van der Waals surface area contributed by atoms with E-state index in [1.807, 2.05) is 0 Å². The molecule has 0 amide bonds. The molecule has 1 aliphatic rings. The molecule has 1 N–H and O–H groups in total. The molecule has 1 heterocycles. The number of nitrogens with one attached hydrogen (secondary N) is 1. The number of hydrogen-bond donors (Lipinski definition) is 1. The second kappa shape index (κ2) is 4.14. The number of hydrogen-bond acceptors (Lipinski definition) is 1. The summed E-state index contributed by atoms with van der Waals surface area (Å²) >= 11 is 7.99.